The van der Waals surface area contributed by atoms with E-state index < -0.39 is 21.9 Å². The third kappa shape index (κ3) is 5.79. The van der Waals surface area contributed by atoms with Crippen molar-refractivity contribution in [3.63, 3.8) is 0 Å². The van der Waals surface area contributed by atoms with Gasteiger partial charge in [0.1, 0.15) is 5.75 Å². The number of amides is 2. The molecule has 0 fully saturated rings. The first-order valence-electron chi connectivity index (χ1n) is 12.2. The molecular weight excluding hydrogens is 490 g/mol. The van der Waals surface area contributed by atoms with Gasteiger partial charge in [-0.1, -0.05) is 36.4 Å². The molecule has 196 valence electrons. The van der Waals surface area contributed by atoms with Crippen molar-refractivity contribution in [2.24, 2.45) is 0 Å². The van der Waals surface area contributed by atoms with Gasteiger partial charge in [-0.25, -0.2) is 13.2 Å². The van der Waals surface area contributed by atoms with E-state index in [1.807, 2.05) is 50.2 Å². The molecule has 1 heterocycles. The number of urea groups is 1. The van der Waals surface area contributed by atoms with Gasteiger partial charge in [0.15, 0.2) is 9.84 Å². The van der Waals surface area contributed by atoms with Crippen LogP contribution in [0.3, 0.4) is 0 Å². The first kappa shape index (κ1) is 26.7. The van der Waals surface area contributed by atoms with E-state index in [-0.39, 0.29) is 22.1 Å². The summed E-state index contributed by atoms with van der Waals surface area (Å²) >= 11 is 0. The normalized spacial score (nSPS) is 14.0. The van der Waals surface area contributed by atoms with Crippen molar-refractivity contribution in [2.45, 2.75) is 50.4 Å². The topological polar surface area (TPSA) is 108 Å². The van der Waals surface area contributed by atoms with Gasteiger partial charge in [-0.3, -0.25) is 5.21 Å². The minimum absolute atomic E-state index is 0.0892. The van der Waals surface area contributed by atoms with Crippen molar-refractivity contribution in [3.8, 4) is 5.75 Å². The Hall–Kier alpha value is -3.40. The zero-order valence-electron chi connectivity index (χ0n) is 21.5. The molecular formula is C28H33N3O5S. The molecule has 2 amide bonds. The highest BCUT2D eigenvalue weighted by Gasteiger charge is 2.24. The van der Waals surface area contributed by atoms with Gasteiger partial charge in [0.2, 0.25) is 0 Å². The second-order valence-electron chi connectivity index (χ2n) is 9.39. The van der Waals surface area contributed by atoms with Gasteiger partial charge < -0.3 is 15.4 Å². The Morgan fingerprint density at radius 3 is 2.68 bits per heavy atom. The molecule has 1 aliphatic rings. The molecule has 8 nitrogen and oxygen atoms in total. The van der Waals surface area contributed by atoms with Crippen LogP contribution < -0.4 is 15.4 Å². The summed E-state index contributed by atoms with van der Waals surface area (Å²) in [6, 6.07) is 14.4. The van der Waals surface area contributed by atoms with Gasteiger partial charge in [-0.05, 0) is 79.3 Å². The SMILES string of the molecule is COc1cc(S(=O)(=O)Cc2ccc3c(c2)CCNC3)ccc1NC(=O)N(O)C(C)c1cccc(C)c1C. The number of aryl methyl sites for hydroxylation is 1. The predicted molar refractivity (Wildman–Crippen MR) is 143 cm³/mol. The molecule has 0 bridgehead atoms. The second-order valence-corrected chi connectivity index (χ2v) is 11.4. The molecule has 3 aromatic carbocycles. The van der Waals surface area contributed by atoms with Crippen molar-refractivity contribution < 1.29 is 23.2 Å². The predicted octanol–water partition coefficient (Wildman–Crippen LogP) is 4.92. The standard InChI is InChI=1S/C28H33N3O5S/c1-18-6-5-7-25(19(18)2)20(3)31(33)28(32)30-26-11-10-24(15-27(26)36-4)37(34,35)17-21-8-9-23-16-29-13-12-22(23)14-21/h5-11,14-15,20,29,33H,12-13,16-17H2,1-4H3,(H,30,32). The third-order valence-corrected chi connectivity index (χ3v) is 8.64. The summed E-state index contributed by atoms with van der Waals surface area (Å²) in [7, 11) is -2.26. The van der Waals surface area contributed by atoms with E-state index >= 15 is 0 Å². The van der Waals surface area contributed by atoms with Crippen molar-refractivity contribution >= 4 is 21.6 Å². The van der Waals surface area contributed by atoms with Crippen LogP contribution in [0.15, 0.2) is 59.5 Å². The summed E-state index contributed by atoms with van der Waals surface area (Å²) in [5, 5.41) is 17.1. The van der Waals surface area contributed by atoms with Crippen LogP contribution in [-0.4, -0.2) is 38.4 Å². The molecule has 0 aromatic heterocycles. The Balaban J connectivity index is 1.50. The third-order valence-electron chi connectivity index (χ3n) is 6.96. The Morgan fingerprint density at radius 1 is 1.14 bits per heavy atom. The second kappa shape index (κ2) is 10.9. The monoisotopic (exact) mass is 523 g/mol. The molecule has 0 spiro atoms. The molecule has 0 saturated heterocycles. The number of carbonyl (C=O) groups is 1. The lowest BCUT2D eigenvalue weighted by Crippen LogP contribution is -2.34. The van der Waals surface area contributed by atoms with Crippen LogP contribution in [-0.2, 0) is 28.6 Å². The van der Waals surface area contributed by atoms with Gasteiger partial charge in [0.25, 0.3) is 0 Å². The zero-order chi connectivity index (χ0) is 26.7. The van der Waals surface area contributed by atoms with E-state index in [2.05, 4.69) is 10.6 Å². The molecule has 4 rings (SSSR count). The number of ether oxygens (including phenoxy) is 1. The van der Waals surface area contributed by atoms with Crippen molar-refractivity contribution in [1.29, 1.82) is 0 Å². The maximum Gasteiger partial charge on any atom is 0.346 e. The number of carbonyl (C=O) groups excluding carboxylic acids is 1. The fourth-order valence-corrected chi connectivity index (χ4v) is 5.94. The minimum Gasteiger partial charge on any atom is -0.495 e. The maximum absolute atomic E-state index is 13.2. The first-order chi connectivity index (χ1) is 17.6. The largest absolute Gasteiger partial charge is 0.495 e. The number of hydrogen-bond acceptors (Lipinski definition) is 6. The van der Waals surface area contributed by atoms with E-state index in [1.54, 1.807) is 6.92 Å². The highest BCUT2D eigenvalue weighted by Crippen LogP contribution is 2.31. The van der Waals surface area contributed by atoms with Crippen LogP contribution in [0.2, 0.25) is 0 Å². The summed E-state index contributed by atoms with van der Waals surface area (Å²) in [6.07, 6.45) is 0.870. The number of sulfone groups is 1. The van der Waals surface area contributed by atoms with Gasteiger partial charge in [-0.2, -0.15) is 5.06 Å². The van der Waals surface area contributed by atoms with E-state index in [0.29, 0.717) is 5.06 Å². The number of hydrogen-bond donors (Lipinski definition) is 3. The highest BCUT2D eigenvalue weighted by molar-refractivity contribution is 7.90. The molecule has 37 heavy (non-hydrogen) atoms. The van der Waals surface area contributed by atoms with Crippen molar-refractivity contribution in [2.75, 3.05) is 19.0 Å². The fraction of sp³-hybridized carbons (Fsp3) is 0.321. The number of fused-ring (bicyclic) bond motifs is 1. The van der Waals surface area contributed by atoms with Crippen molar-refractivity contribution in [3.05, 3.63) is 88.0 Å². The summed E-state index contributed by atoms with van der Waals surface area (Å²) in [6.45, 7) is 7.31. The lowest BCUT2D eigenvalue weighted by molar-refractivity contribution is -0.0692. The summed E-state index contributed by atoms with van der Waals surface area (Å²) in [4.78, 5) is 12.9. The average Bonchev–Trinajstić information content (AvgIpc) is 2.89. The summed E-state index contributed by atoms with van der Waals surface area (Å²) in [5.41, 5.74) is 6.22. The van der Waals surface area contributed by atoms with Gasteiger partial charge in [0, 0.05) is 12.6 Å². The quantitative estimate of drug-likeness (QED) is 0.300. The Bertz CT molecular complexity index is 1420. The molecule has 1 atom stereocenters. The van der Waals surface area contributed by atoms with Crippen molar-refractivity contribution in [1.82, 2.24) is 10.4 Å². The Kier molecular flexibility index (Phi) is 7.87. The average molecular weight is 524 g/mol. The molecule has 0 aliphatic carbocycles. The van der Waals surface area contributed by atoms with Crippen LogP contribution in [0.5, 0.6) is 5.75 Å². The molecule has 0 saturated carbocycles. The number of hydroxylamine groups is 2. The van der Waals surface area contributed by atoms with Crippen LogP contribution in [0.4, 0.5) is 10.5 Å². The van der Waals surface area contributed by atoms with Crippen LogP contribution in [0.1, 0.15) is 46.3 Å². The zero-order valence-corrected chi connectivity index (χ0v) is 22.4. The van der Waals surface area contributed by atoms with E-state index in [9.17, 15) is 18.4 Å². The number of nitrogens with zero attached hydrogens (tertiary/aromatic N) is 1. The van der Waals surface area contributed by atoms with Gasteiger partial charge in [-0.15, -0.1) is 0 Å². The molecule has 3 N–H and O–H groups in total. The molecule has 1 aliphatic heterocycles. The van der Waals surface area contributed by atoms with Gasteiger partial charge in [0.05, 0.1) is 29.5 Å². The van der Waals surface area contributed by atoms with Crippen LogP contribution in [0.25, 0.3) is 0 Å². The smallest absolute Gasteiger partial charge is 0.346 e. The lowest BCUT2D eigenvalue weighted by atomic mass is 9.98. The minimum atomic E-state index is -3.66. The molecule has 9 heteroatoms. The van der Waals surface area contributed by atoms with E-state index in [1.165, 1.54) is 36.4 Å². The van der Waals surface area contributed by atoms with E-state index in [0.717, 1.165) is 41.8 Å². The fourth-order valence-electron chi connectivity index (χ4n) is 4.60. The first-order valence-corrected chi connectivity index (χ1v) is 13.8. The van der Waals surface area contributed by atoms with Gasteiger partial charge >= 0.3 is 6.03 Å². The lowest BCUT2D eigenvalue weighted by Gasteiger charge is -2.25. The maximum atomic E-state index is 13.2. The molecule has 3 aromatic rings. The van der Waals surface area contributed by atoms with Crippen LogP contribution >= 0.6 is 0 Å². The summed E-state index contributed by atoms with van der Waals surface area (Å²) in [5.74, 6) is 0.0408. The Labute approximate surface area is 218 Å². The molecule has 0 radical (unpaired) electrons. The number of anilines is 1. The number of rotatable bonds is 7. The highest BCUT2D eigenvalue weighted by atomic mass is 32.2. The van der Waals surface area contributed by atoms with E-state index in [4.69, 9.17) is 4.74 Å². The van der Waals surface area contributed by atoms with Crippen LogP contribution in [0, 0.1) is 13.8 Å². The molecule has 1 unspecified atom stereocenters. The number of methoxy groups -OCH3 is 1. The number of nitrogens with one attached hydrogen (secondary N) is 2. The summed E-state index contributed by atoms with van der Waals surface area (Å²) < 4.78 is 31.7. The number of benzene rings is 3. The Morgan fingerprint density at radius 2 is 1.92 bits per heavy atom.